The molecule has 1 aromatic rings. The first kappa shape index (κ1) is 16.8. The number of aliphatic hydroxyl groups is 1. The van der Waals surface area contributed by atoms with Crippen molar-refractivity contribution in [3.05, 3.63) is 17.5 Å². The highest BCUT2D eigenvalue weighted by Crippen LogP contribution is 2.22. The second kappa shape index (κ2) is 6.28. The Bertz CT molecular complexity index is 533. The Morgan fingerprint density at radius 3 is 2.77 bits per heavy atom. The molecule has 0 aliphatic carbocycles. The van der Waals surface area contributed by atoms with E-state index in [1.165, 1.54) is 0 Å². The topological polar surface area (TPSA) is 70.4 Å². The molecule has 0 radical (unpaired) electrons. The highest BCUT2D eigenvalue weighted by molar-refractivity contribution is 5.75. The van der Waals surface area contributed by atoms with Gasteiger partial charge in [-0.25, -0.2) is 4.79 Å². The van der Waals surface area contributed by atoms with E-state index in [-0.39, 0.29) is 30.3 Å². The van der Waals surface area contributed by atoms with Gasteiger partial charge in [0.2, 0.25) is 0 Å². The zero-order chi connectivity index (χ0) is 16.5. The van der Waals surface area contributed by atoms with Crippen molar-refractivity contribution >= 4 is 6.03 Å². The van der Waals surface area contributed by atoms with Gasteiger partial charge in [0.15, 0.2) is 0 Å². The zero-order valence-corrected chi connectivity index (χ0v) is 14.3. The van der Waals surface area contributed by atoms with Crippen LogP contribution in [0.1, 0.15) is 57.8 Å². The van der Waals surface area contributed by atoms with Crippen LogP contribution in [0.2, 0.25) is 0 Å². The number of hydrogen-bond donors (Lipinski definition) is 2. The van der Waals surface area contributed by atoms with E-state index in [4.69, 9.17) is 0 Å². The second-order valence-electron chi connectivity index (χ2n) is 7.13. The van der Waals surface area contributed by atoms with Crippen LogP contribution in [0.15, 0.2) is 6.20 Å². The standard InChI is InChI=1S/C16H28N4O2/c1-11(14-9-20(16(3,4)5)18-12(14)2)17-15(22)19-8-6-7-13(19)10-21/h9,11,13,21H,6-8,10H2,1-5H3,(H,17,22)/t11?,13-/m0/s1. The van der Waals surface area contributed by atoms with Crippen LogP contribution < -0.4 is 5.32 Å². The van der Waals surface area contributed by atoms with Gasteiger partial charge >= 0.3 is 6.03 Å². The third kappa shape index (κ3) is 3.43. The van der Waals surface area contributed by atoms with E-state index in [0.717, 1.165) is 24.1 Å². The Morgan fingerprint density at radius 2 is 2.23 bits per heavy atom. The lowest BCUT2D eigenvalue weighted by Crippen LogP contribution is -2.44. The molecule has 0 aromatic carbocycles. The zero-order valence-electron chi connectivity index (χ0n) is 14.3. The average molecular weight is 308 g/mol. The van der Waals surface area contributed by atoms with Gasteiger partial charge in [-0.15, -0.1) is 0 Å². The molecule has 1 aromatic heterocycles. The number of carbonyl (C=O) groups is 1. The fourth-order valence-corrected chi connectivity index (χ4v) is 2.88. The molecule has 1 unspecified atom stereocenters. The van der Waals surface area contributed by atoms with Gasteiger partial charge in [0.25, 0.3) is 0 Å². The van der Waals surface area contributed by atoms with Crippen LogP contribution in [-0.4, -0.2) is 45.0 Å². The predicted molar refractivity (Wildman–Crippen MR) is 85.7 cm³/mol. The molecule has 22 heavy (non-hydrogen) atoms. The summed E-state index contributed by atoms with van der Waals surface area (Å²) in [5, 5.41) is 16.9. The van der Waals surface area contributed by atoms with E-state index in [0.29, 0.717) is 6.54 Å². The summed E-state index contributed by atoms with van der Waals surface area (Å²) >= 11 is 0. The largest absolute Gasteiger partial charge is 0.394 e. The summed E-state index contributed by atoms with van der Waals surface area (Å²) in [6.07, 6.45) is 3.83. The van der Waals surface area contributed by atoms with Gasteiger partial charge in [0, 0.05) is 18.3 Å². The van der Waals surface area contributed by atoms with E-state index >= 15 is 0 Å². The van der Waals surface area contributed by atoms with Crippen LogP contribution in [0.5, 0.6) is 0 Å². The van der Waals surface area contributed by atoms with Crippen LogP contribution in [0.3, 0.4) is 0 Å². The number of amides is 2. The minimum atomic E-state index is -0.108. The van der Waals surface area contributed by atoms with Crippen LogP contribution in [0, 0.1) is 6.92 Å². The summed E-state index contributed by atoms with van der Waals surface area (Å²) in [4.78, 5) is 14.1. The Morgan fingerprint density at radius 1 is 1.55 bits per heavy atom. The molecule has 2 atom stereocenters. The van der Waals surface area contributed by atoms with Crippen LogP contribution >= 0.6 is 0 Å². The van der Waals surface area contributed by atoms with Crippen molar-refractivity contribution in [3.63, 3.8) is 0 Å². The minimum Gasteiger partial charge on any atom is -0.394 e. The molecule has 0 spiro atoms. The second-order valence-corrected chi connectivity index (χ2v) is 7.13. The maximum absolute atomic E-state index is 12.4. The van der Waals surface area contributed by atoms with Gasteiger partial charge < -0.3 is 15.3 Å². The molecule has 2 amide bonds. The number of nitrogens with zero attached hydrogens (tertiary/aromatic N) is 3. The summed E-state index contributed by atoms with van der Waals surface area (Å²) in [6, 6.07) is -0.263. The normalized spacial score (nSPS) is 20.3. The van der Waals surface area contributed by atoms with Crippen molar-refractivity contribution in [3.8, 4) is 0 Å². The summed E-state index contributed by atoms with van der Waals surface area (Å²) < 4.78 is 1.94. The predicted octanol–water partition coefficient (Wildman–Crippen LogP) is 2.17. The van der Waals surface area contributed by atoms with E-state index < -0.39 is 0 Å². The number of aromatic nitrogens is 2. The maximum atomic E-state index is 12.4. The van der Waals surface area contributed by atoms with Crippen molar-refractivity contribution in [1.29, 1.82) is 0 Å². The Kier molecular flexibility index (Phi) is 4.80. The molecule has 2 heterocycles. The SMILES string of the molecule is Cc1nn(C(C)(C)C)cc1C(C)NC(=O)N1CCC[C@H]1CO. The average Bonchev–Trinajstić information content (AvgIpc) is 3.03. The molecule has 2 rings (SSSR count). The van der Waals surface area contributed by atoms with Crippen molar-refractivity contribution in [2.24, 2.45) is 0 Å². The summed E-state index contributed by atoms with van der Waals surface area (Å²) in [7, 11) is 0. The first-order chi connectivity index (χ1) is 10.2. The maximum Gasteiger partial charge on any atom is 0.318 e. The first-order valence-corrected chi connectivity index (χ1v) is 7.98. The lowest BCUT2D eigenvalue weighted by atomic mass is 10.1. The van der Waals surface area contributed by atoms with Crippen molar-refractivity contribution < 1.29 is 9.90 Å². The number of urea groups is 1. The fraction of sp³-hybridized carbons (Fsp3) is 0.750. The smallest absolute Gasteiger partial charge is 0.318 e. The van der Waals surface area contributed by atoms with Gasteiger partial charge in [-0.3, -0.25) is 4.68 Å². The Hall–Kier alpha value is -1.56. The van der Waals surface area contributed by atoms with Gasteiger partial charge in [0.1, 0.15) is 0 Å². The number of rotatable bonds is 3. The monoisotopic (exact) mass is 308 g/mol. The molecule has 1 fully saturated rings. The number of aryl methyl sites for hydroxylation is 1. The molecular weight excluding hydrogens is 280 g/mol. The molecule has 124 valence electrons. The number of carbonyl (C=O) groups excluding carboxylic acids is 1. The molecule has 0 saturated carbocycles. The van der Waals surface area contributed by atoms with Gasteiger partial charge in [-0.2, -0.15) is 5.10 Å². The minimum absolute atomic E-state index is 0.0305. The highest BCUT2D eigenvalue weighted by atomic mass is 16.3. The van der Waals surface area contributed by atoms with Crippen LogP contribution in [-0.2, 0) is 5.54 Å². The molecular formula is C16H28N4O2. The quantitative estimate of drug-likeness (QED) is 0.899. The molecule has 1 saturated heterocycles. The third-order valence-electron chi connectivity index (χ3n) is 4.28. The van der Waals surface area contributed by atoms with Crippen molar-refractivity contribution in [2.45, 2.75) is 65.1 Å². The number of aliphatic hydroxyl groups excluding tert-OH is 1. The summed E-state index contributed by atoms with van der Waals surface area (Å²) in [6.45, 7) is 11.0. The van der Waals surface area contributed by atoms with E-state index in [1.54, 1.807) is 4.90 Å². The molecule has 0 bridgehead atoms. The number of hydrogen-bond acceptors (Lipinski definition) is 3. The van der Waals surface area contributed by atoms with Crippen molar-refractivity contribution in [1.82, 2.24) is 20.0 Å². The van der Waals surface area contributed by atoms with Gasteiger partial charge in [0.05, 0.1) is 29.9 Å². The molecule has 2 N–H and O–H groups in total. The lowest BCUT2D eigenvalue weighted by molar-refractivity contribution is 0.155. The third-order valence-corrected chi connectivity index (χ3v) is 4.28. The lowest BCUT2D eigenvalue weighted by Gasteiger charge is -2.25. The molecule has 1 aliphatic rings. The van der Waals surface area contributed by atoms with E-state index in [1.807, 2.05) is 24.7 Å². The summed E-state index contributed by atoms with van der Waals surface area (Å²) in [5.41, 5.74) is 1.88. The Labute approximate surface area is 132 Å². The highest BCUT2D eigenvalue weighted by Gasteiger charge is 2.29. The fourth-order valence-electron chi connectivity index (χ4n) is 2.88. The Balaban J connectivity index is 2.07. The molecule has 6 heteroatoms. The molecule has 1 aliphatic heterocycles. The number of nitrogens with one attached hydrogen (secondary N) is 1. The number of likely N-dealkylation sites (tertiary alicyclic amines) is 1. The van der Waals surface area contributed by atoms with E-state index in [9.17, 15) is 9.90 Å². The van der Waals surface area contributed by atoms with E-state index in [2.05, 4.69) is 31.2 Å². The van der Waals surface area contributed by atoms with Crippen LogP contribution in [0.4, 0.5) is 4.79 Å². The van der Waals surface area contributed by atoms with Crippen LogP contribution in [0.25, 0.3) is 0 Å². The first-order valence-electron chi connectivity index (χ1n) is 7.98. The van der Waals surface area contributed by atoms with Gasteiger partial charge in [-0.05, 0) is 47.5 Å². The molecule has 6 nitrogen and oxygen atoms in total. The summed E-state index contributed by atoms with van der Waals surface area (Å²) in [5.74, 6) is 0. The van der Waals surface area contributed by atoms with Crippen molar-refractivity contribution in [2.75, 3.05) is 13.2 Å². The van der Waals surface area contributed by atoms with Gasteiger partial charge in [-0.1, -0.05) is 0 Å².